The summed E-state index contributed by atoms with van der Waals surface area (Å²) < 4.78 is 0. The molecule has 0 spiro atoms. The molecule has 17 heavy (non-hydrogen) atoms. The van der Waals surface area contributed by atoms with Gasteiger partial charge >= 0.3 is 0 Å². The Bertz CT molecular complexity index is 398. The van der Waals surface area contributed by atoms with Crippen molar-refractivity contribution in [3.8, 4) is 0 Å². The molecule has 1 aliphatic heterocycles. The van der Waals surface area contributed by atoms with E-state index in [1.807, 2.05) is 0 Å². The van der Waals surface area contributed by atoms with E-state index in [0.29, 0.717) is 6.04 Å². The van der Waals surface area contributed by atoms with Crippen LogP contribution in [0.1, 0.15) is 22.3 Å². The van der Waals surface area contributed by atoms with Crippen LogP contribution in [0.25, 0.3) is 0 Å². The Hall–Kier alpha value is -0.860. The molecule has 0 aliphatic carbocycles. The third-order valence-electron chi connectivity index (χ3n) is 4.10. The standard InChI is InChI=1S/C15H24N2/c1-11-5-6-14(13(3)12(11)2)9-15-10-17(4)8-7-16-15/h5-6,15-16H,7-10H2,1-4H3. The molecule has 1 unspecified atom stereocenters. The average molecular weight is 232 g/mol. The topological polar surface area (TPSA) is 15.3 Å². The van der Waals surface area contributed by atoms with Crippen LogP contribution in [0, 0.1) is 20.8 Å². The van der Waals surface area contributed by atoms with Crippen LogP contribution in [0.15, 0.2) is 12.1 Å². The Kier molecular flexibility index (Phi) is 3.85. The summed E-state index contributed by atoms with van der Waals surface area (Å²) in [5.41, 5.74) is 5.83. The molecule has 2 rings (SSSR count). The Morgan fingerprint density at radius 1 is 1.24 bits per heavy atom. The SMILES string of the molecule is Cc1ccc(CC2CN(C)CCN2)c(C)c1C. The number of likely N-dealkylation sites (N-methyl/N-ethyl adjacent to an activating group) is 1. The predicted octanol–water partition coefficient (Wildman–Crippen LogP) is 2.06. The van der Waals surface area contributed by atoms with Crippen molar-refractivity contribution in [1.82, 2.24) is 10.2 Å². The van der Waals surface area contributed by atoms with E-state index in [9.17, 15) is 0 Å². The van der Waals surface area contributed by atoms with E-state index in [0.717, 1.165) is 19.5 Å². The minimum atomic E-state index is 0.606. The average Bonchev–Trinajstić information content (AvgIpc) is 2.30. The van der Waals surface area contributed by atoms with Gasteiger partial charge in [0.15, 0.2) is 0 Å². The fourth-order valence-electron chi connectivity index (χ4n) is 2.63. The molecule has 0 bridgehead atoms. The Labute approximate surface area is 105 Å². The Morgan fingerprint density at radius 3 is 2.71 bits per heavy atom. The quantitative estimate of drug-likeness (QED) is 0.839. The van der Waals surface area contributed by atoms with Gasteiger partial charge in [0.1, 0.15) is 0 Å². The Morgan fingerprint density at radius 2 is 2.00 bits per heavy atom. The summed E-state index contributed by atoms with van der Waals surface area (Å²) in [7, 11) is 2.21. The molecule has 1 heterocycles. The van der Waals surface area contributed by atoms with E-state index in [1.165, 1.54) is 28.8 Å². The molecular weight excluding hydrogens is 208 g/mol. The molecule has 1 atom stereocenters. The first-order valence-electron chi connectivity index (χ1n) is 6.55. The van der Waals surface area contributed by atoms with Gasteiger partial charge in [-0.2, -0.15) is 0 Å². The molecule has 0 radical (unpaired) electrons. The zero-order valence-corrected chi connectivity index (χ0v) is 11.5. The second-order valence-electron chi connectivity index (χ2n) is 5.41. The molecule has 1 aromatic rings. The third kappa shape index (κ3) is 2.88. The van der Waals surface area contributed by atoms with Crippen molar-refractivity contribution >= 4 is 0 Å². The maximum absolute atomic E-state index is 3.62. The van der Waals surface area contributed by atoms with Gasteiger partial charge in [-0.3, -0.25) is 0 Å². The lowest BCUT2D eigenvalue weighted by atomic mass is 9.94. The minimum absolute atomic E-state index is 0.606. The number of hydrogen-bond acceptors (Lipinski definition) is 2. The maximum atomic E-state index is 3.62. The van der Waals surface area contributed by atoms with Gasteiger partial charge in [-0.05, 0) is 56.5 Å². The van der Waals surface area contributed by atoms with Crippen LogP contribution in [0.2, 0.25) is 0 Å². The lowest BCUT2D eigenvalue weighted by Crippen LogP contribution is -2.50. The summed E-state index contributed by atoms with van der Waals surface area (Å²) in [6.45, 7) is 10.1. The number of rotatable bonds is 2. The van der Waals surface area contributed by atoms with Crippen molar-refractivity contribution in [2.24, 2.45) is 0 Å². The van der Waals surface area contributed by atoms with Gasteiger partial charge in [0.05, 0.1) is 0 Å². The van der Waals surface area contributed by atoms with Crippen LogP contribution in [-0.4, -0.2) is 37.6 Å². The highest BCUT2D eigenvalue weighted by Crippen LogP contribution is 2.19. The van der Waals surface area contributed by atoms with Gasteiger partial charge in [0.25, 0.3) is 0 Å². The highest BCUT2D eigenvalue weighted by atomic mass is 15.2. The molecule has 0 amide bonds. The Balaban J connectivity index is 2.10. The molecule has 1 N–H and O–H groups in total. The lowest BCUT2D eigenvalue weighted by molar-refractivity contribution is 0.238. The normalized spacial score (nSPS) is 21.8. The van der Waals surface area contributed by atoms with Crippen molar-refractivity contribution in [1.29, 1.82) is 0 Å². The molecular formula is C15H24N2. The fraction of sp³-hybridized carbons (Fsp3) is 0.600. The third-order valence-corrected chi connectivity index (χ3v) is 4.10. The smallest absolute Gasteiger partial charge is 0.0235 e. The molecule has 1 aromatic carbocycles. The van der Waals surface area contributed by atoms with Crippen molar-refractivity contribution in [2.45, 2.75) is 33.2 Å². The van der Waals surface area contributed by atoms with Gasteiger partial charge in [-0.15, -0.1) is 0 Å². The molecule has 94 valence electrons. The van der Waals surface area contributed by atoms with Crippen molar-refractivity contribution in [3.05, 3.63) is 34.4 Å². The zero-order valence-electron chi connectivity index (χ0n) is 11.5. The van der Waals surface area contributed by atoms with Crippen LogP contribution in [-0.2, 0) is 6.42 Å². The first-order valence-corrected chi connectivity index (χ1v) is 6.55. The summed E-state index contributed by atoms with van der Waals surface area (Å²) in [5, 5.41) is 3.62. The molecule has 2 heteroatoms. The molecule has 2 nitrogen and oxygen atoms in total. The van der Waals surface area contributed by atoms with Gasteiger partial charge in [-0.25, -0.2) is 0 Å². The number of benzene rings is 1. The fourth-order valence-corrected chi connectivity index (χ4v) is 2.63. The second kappa shape index (κ2) is 5.19. The number of nitrogens with zero attached hydrogens (tertiary/aromatic N) is 1. The zero-order chi connectivity index (χ0) is 12.4. The van der Waals surface area contributed by atoms with Crippen LogP contribution < -0.4 is 5.32 Å². The molecule has 1 aliphatic rings. The van der Waals surface area contributed by atoms with Gasteiger partial charge in [-0.1, -0.05) is 12.1 Å². The molecule has 0 aromatic heterocycles. The molecule has 0 saturated carbocycles. The number of piperazine rings is 1. The summed E-state index contributed by atoms with van der Waals surface area (Å²) >= 11 is 0. The van der Waals surface area contributed by atoms with Crippen LogP contribution in [0.3, 0.4) is 0 Å². The summed E-state index contributed by atoms with van der Waals surface area (Å²) in [6.07, 6.45) is 1.15. The molecule has 1 fully saturated rings. The van der Waals surface area contributed by atoms with Gasteiger partial charge < -0.3 is 10.2 Å². The van der Waals surface area contributed by atoms with E-state index in [1.54, 1.807) is 0 Å². The summed E-state index contributed by atoms with van der Waals surface area (Å²) in [4.78, 5) is 2.41. The van der Waals surface area contributed by atoms with Crippen molar-refractivity contribution < 1.29 is 0 Å². The van der Waals surface area contributed by atoms with Crippen LogP contribution >= 0.6 is 0 Å². The minimum Gasteiger partial charge on any atom is -0.311 e. The van der Waals surface area contributed by atoms with E-state index in [4.69, 9.17) is 0 Å². The number of hydrogen-bond donors (Lipinski definition) is 1. The predicted molar refractivity (Wildman–Crippen MR) is 73.6 cm³/mol. The van der Waals surface area contributed by atoms with E-state index < -0.39 is 0 Å². The van der Waals surface area contributed by atoms with E-state index in [-0.39, 0.29) is 0 Å². The summed E-state index contributed by atoms with van der Waals surface area (Å²) in [5.74, 6) is 0. The van der Waals surface area contributed by atoms with Gasteiger partial charge in [0, 0.05) is 25.7 Å². The summed E-state index contributed by atoms with van der Waals surface area (Å²) in [6, 6.07) is 5.16. The largest absolute Gasteiger partial charge is 0.311 e. The highest BCUT2D eigenvalue weighted by Gasteiger charge is 2.17. The number of nitrogens with one attached hydrogen (secondary N) is 1. The lowest BCUT2D eigenvalue weighted by Gasteiger charge is -2.31. The highest BCUT2D eigenvalue weighted by molar-refractivity contribution is 5.39. The van der Waals surface area contributed by atoms with Gasteiger partial charge in [0.2, 0.25) is 0 Å². The van der Waals surface area contributed by atoms with Crippen LogP contribution in [0.5, 0.6) is 0 Å². The first kappa shape index (κ1) is 12.6. The van der Waals surface area contributed by atoms with E-state index in [2.05, 4.69) is 50.2 Å². The maximum Gasteiger partial charge on any atom is 0.0235 e. The first-order chi connectivity index (χ1) is 8.08. The van der Waals surface area contributed by atoms with Crippen LogP contribution in [0.4, 0.5) is 0 Å². The number of aryl methyl sites for hydroxylation is 1. The molecule has 1 saturated heterocycles. The monoisotopic (exact) mass is 232 g/mol. The van der Waals surface area contributed by atoms with Crippen molar-refractivity contribution in [2.75, 3.05) is 26.7 Å². The second-order valence-corrected chi connectivity index (χ2v) is 5.41. The van der Waals surface area contributed by atoms with Crippen molar-refractivity contribution in [3.63, 3.8) is 0 Å². The van der Waals surface area contributed by atoms with E-state index >= 15 is 0 Å².